The Labute approximate surface area is 311 Å². The third-order valence-corrected chi connectivity index (χ3v) is 14.9. The summed E-state index contributed by atoms with van der Waals surface area (Å²) in [6.07, 6.45) is -1.33. The van der Waals surface area contributed by atoms with Crippen LogP contribution in [0.5, 0.6) is 0 Å². The number of ketones is 1. The van der Waals surface area contributed by atoms with Crippen molar-refractivity contribution in [2.45, 2.75) is 138 Å². The molecule has 0 aliphatic heterocycles. The summed E-state index contributed by atoms with van der Waals surface area (Å²) in [5.41, 5.74) is 7.31. The molecule has 2 aromatic rings. The number of aromatic nitrogens is 3. The van der Waals surface area contributed by atoms with Crippen LogP contribution in [0, 0.1) is 18.4 Å². The number of hydrazine groups is 1. The van der Waals surface area contributed by atoms with E-state index in [9.17, 15) is 19.2 Å². The summed E-state index contributed by atoms with van der Waals surface area (Å²) in [6.45, 7) is 28.4. The third-order valence-electron chi connectivity index (χ3n) is 8.58. The number of rotatable bonds is 10. The molecule has 0 saturated heterocycles. The number of nitrogens with one attached hydrogen (secondary N) is 2. The molecule has 0 saturated carbocycles. The number of pyridine rings is 1. The topological polar surface area (TPSA) is 156 Å². The summed E-state index contributed by atoms with van der Waals surface area (Å²) in [4.78, 5) is 67.5. The fraction of sp³-hybridized carbons (Fsp3) is 0.605. The summed E-state index contributed by atoms with van der Waals surface area (Å²) < 4.78 is 10.9. The minimum atomic E-state index is -2.20. The first-order valence-electron chi connectivity index (χ1n) is 17.6. The fourth-order valence-corrected chi connectivity index (χ4v) is 11.2. The molecule has 52 heavy (non-hydrogen) atoms. The van der Waals surface area contributed by atoms with Gasteiger partial charge in [-0.3, -0.25) is 19.9 Å². The predicted octanol–water partition coefficient (Wildman–Crippen LogP) is 8.01. The molecule has 0 bridgehead atoms. The van der Waals surface area contributed by atoms with Crippen molar-refractivity contribution in [3.63, 3.8) is 0 Å². The predicted molar refractivity (Wildman–Crippen MR) is 208 cm³/mol. The Morgan fingerprint density at radius 1 is 0.808 bits per heavy atom. The van der Waals surface area contributed by atoms with Crippen LogP contribution in [0.2, 0.25) is 16.6 Å². The van der Waals surface area contributed by atoms with E-state index in [-0.39, 0.29) is 28.7 Å². The van der Waals surface area contributed by atoms with E-state index in [4.69, 9.17) is 14.5 Å². The number of likely N-dealkylation sites (N-methyl/N-ethyl adjacent to an activating group) is 1. The van der Waals surface area contributed by atoms with Crippen molar-refractivity contribution in [2.24, 2.45) is 0 Å². The standard InChI is InChI=1S/C38H59N7O6Si/c1-22(2)52(23(3)4,24(5)6)19-18-29-20-28(21-30(41-29)42-34(47)25(7)44(16)35(48)50-37(10,11)12)32-31(26(8)46)33(40-27(9)39-32)43-45(17)36(49)51-38(13,14)15/h20-25H,1-17H3,(H,39,40,43)(H,41,42,47). The van der Waals surface area contributed by atoms with Gasteiger partial charge in [-0.15, -0.1) is 5.54 Å². The zero-order chi connectivity index (χ0) is 40.1. The largest absolute Gasteiger partial charge is 0.444 e. The highest BCUT2D eigenvalue weighted by molar-refractivity contribution is 6.90. The van der Waals surface area contributed by atoms with Gasteiger partial charge < -0.3 is 14.8 Å². The molecule has 286 valence electrons. The van der Waals surface area contributed by atoms with Crippen molar-refractivity contribution < 1.29 is 28.7 Å². The van der Waals surface area contributed by atoms with Gasteiger partial charge in [-0.2, -0.15) is 0 Å². The Morgan fingerprint density at radius 3 is 1.81 bits per heavy atom. The van der Waals surface area contributed by atoms with E-state index >= 15 is 0 Å². The number of nitrogens with zero attached hydrogens (tertiary/aromatic N) is 5. The van der Waals surface area contributed by atoms with Crippen LogP contribution in [0.3, 0.4) is 0 Å². The number of hydrogen-bond donors (Lipinski definition) is 2. The maximum atomic E-state index is 13.6. The number of carbonyl (C=O) groups excluding carboxylic acids is 4. The molecule has 13 nitrogen and oxygen atoms in total. The molecular formula is C38H59N7O6Si. The van der Waals surface area contributed by atoms with E-state index in [0.29, 0.717) is 33.7 Å². The molecule has 0 fully saturated rings. The molecule has 0 radical (unpaired) electrons. The molecule has 2 heterocycles. The van der Waals surface area contributed by atoms with E-state index in [1.165, 1.54) is 25.9 Å². The van der Waals surface area contributed by atoms with E-state index < -0.39 is 43.4 Å². The van der Waals surface area contributed by atoms with Crippen LogP contribution in [0.25, 0.3) is 11.3 Å². The SMILES string of the molecule is CC(=O)c1c(NN(C)C(=O)OC(C)(C)C)nc(C)nc1-c1cc(C#C[Si](C(C)C)(C(C)C)C(C)C)nc(NC(=O)C(C)N(C)C(=O)OC(C)(C)C)c1. The summed E-state index contributed by atoms with van der Waals surface area (Å²) in [6, 6.07) is 2.40. The van der Waals surface area contributed by atoms with Gasteiger partial charge in [0.15, 0.2) is 11.6 Å². The summed E-state index contributed by atoms with van der Waals surface area (Å²) in [5, 5.41) is 3.94. The Morgan fingerprint density at radius 2 is 1.33 bits per heavy atom. The molecule has 2 rings (SSSR count). The number of carbonyl (C=O) groups is 4. The Kier molecular flexibility index (Phi) is 14.2. The van der Waals surface area contributed by atoms with Gasteiger partial charge in [0.05, 0.1) is 11.3 Å². The number of anilines is 2. The van der Waals surface area contributed by atoms with Gasteiger partial charge in [-0.25, -0.2) is 29.5 Å². The molecular weight excluding hydrogens is 679 g/mol. The van der Waals surface area contributed by atoms with Gasteiger partial charge >= 0.3 is 12.2 Å². The van der Waals surface area contributed by atoms with Crippen molar-refractivity contribution in [3.05, 3.63) is 29.2 Å². The van der Waals surface area contributed by atoms with E-state index in [1.54, 1.807) is 67.5 Å². The lowest BCUT2D eigenvalue weighted by Gasteiger charge is -2.38. The minimum Gasteiger partial charge on any atom is -0.444 e. The quantitative estimate of drug-likeness (QED) is 0.106. The van der Waals surface area contributed by atoms with Gasteiger partial charge in [-0.1, -0.05) is 47.5 Å². The summed E-state index contributed by atoms with van der Waals surface area (Å²) in [7, 11) is 0.749. The smallest absolute Gasteiger partial charge is 0.428 e. The second-order valence-electron chi connectivity index (χ2n) is 16.1. The fourth-order valence-electron chi connectivity index (χ4n) is 6.03. The molecule has 3 amide bonds. The Hall–Kier alpha value is -4.51. The van der Waals surface area contributed by atoms with Crippen molar-refractivity contribution in [3.8, 4) is 22.7 Å². The van der Waals surface area contributed by atoms with Gasteiger partial charge in [0.2, 0.25) is 5.91 Å². The molecule has 0 spiro atoms. The number of amides is 3. The first kappa shape index (κ1) is 43.7. The van der Waals surface area contributed by atoms with Gasteiger partial charge in [0, 0.05) is 19.7 Å². The monoisotopic (exact) mass is 737 g/mol. The van der Waals surface area contributed by atoms with Crippen molar-refractivity contribution >= 4 is 43.6 Å². The average Bonchev–Trinajstić information content (AvgIpc) is 2.97. The van der Waals surface area contributed by atoms with Gasteiger partial charge in [0.25, 0.3) is 0 Å². The maximum Gasteiger partial charge on any atom is 0.428 e. The number of Topliss-reactive ketones (excluding diaryl/α,β-unsaturated/α-hetero) is 1. The molecule has 2 aromatic heterocycles. The van der Waals surface area contributed by atoms with E-state index in [0.717, 1.165) is 5.01 Å². The lowest BCUT2D eigenvalue weighted by Crippen LogP contribution is -2.45. The van der Waals surface area contributed by atoms with E-state index in [2.05, 4.69) is 73.7 Å². The second-order valence-corrected chi connectivity index (χ2v) is 21.7. The Bertz CT molecular complexity index is 1700. The summed E-state index contributed by atoms with van der Waals surface area (Å²) in [5.74, 6) is 3.02. The van der Waals surface area contributed by atoms with Crippen LogP contribution in [-0.2, 0) is 14.3 Å². The highest BCUT2D eigenvalue weighted by Crippen LogP contribution is 2.41. The van der Waals surface area contributed by atoms with Gasteiger partial charge in [0.1, 0.15) is 42.7 Å². The average molecular weight is 738 g/mol. The van der Waals surface area contributed by atoms with Crippen molar-refractivity contribution in [1.29, 1.82) is 0 Å². The van der Waals surface area contributed by atoms with Crippen LogP contribution in [-0.4, -0.2) is 88.2 Å². The van der Waals surface area contributed by atoms with Crippen LogP contribution in [0.15, 0.2) is 12.1 Å². The lowest BCUT2D eigenvalue weighted by atomic mass is 10.0. The van der Waals surface area contributed by atoms with Crippen molar-refractivity contribution in [1.82, 2.24) is 24.9 Å². The van der Waals surface area contributed by atoms with Crippen LogP contribution in [0.4, 0.5) is 21.2 Å². The first-order chi connectivity index (χ1) is 23.7. The molecule has 0 aromatic carbocycles. The molecule has 2 N–H and O–H groups in total. The third kappa shape index (κ3) is 11.2. The first-order valence-corrected chi connectivity index (χ1v) is 19.9. The van der Waals surface area contributed by atoms with Crippen LogP contribution >= 0.6 is 0 Å². The van der Waals surface area contributed by atoms with Crippen LogP contribution < -0.4 is 10.7 Å². The Balaban J connectivity index is 2.83. The minimum absolute atomic E-state index is 0.0943. The normalized spacial score (nSPS) is 12.5. The molecule has 14 heteroatoms. The highest BCUT2D eigenvalue weighted by atomic mass is 28.3. The van der Waals surface area contributed by atoms with Gasteiger partial charge in [-0.05, 0) is 91.1 Å². The second kappa shape index (κ2) is 16.9. The number of aryl methyl sites for hydroxylation is 1. The molecule has 1 unspecified atom stereocenters. The zero-order valence-electron chi connectivity index (χ0n) is 34.1. The summed E-state index contributed by atoms with van der Waals surface area (Å²) >= 11 is 0. The number of ether oxygens (including phenoxy) is 2. The van der Waals surface area contributed by atoms with Crippen LogP contribution in [0.1, 0.15) is 119 Å². The zero-order valence-corrected chi connectivity index (χ0v) is 35.1. The highest BCUT2D eigenvalue weighted by Gasteiger charge is 2.42. The van der Waals surface area contributed by atoms with E-state index in [1.807, 2.05) is 0 Å². The molecule has 0 aliphatic carbocycles. The molecule has 0 aliphatic rings. The maximum absolute atomic E-state index is 13.6. The number of hydrogen-bond acceptors (Lipinski definition) is 10. The lowest BCUT2D eigenvalue weighted by molar-refractivity contribution is -0.120. The molecule has 1 atom stereocenters. The van der Waals surface area contributed by atoms with Crippen molar-refractivity contribution in [2.75, 3.05) is 24.8 Å².